The van der Waals surface area contributed by atoms with Crippen LogP contribution in [-0.4, -0.2) is 42.9 Å². The molecule has 25 heavy (non-hydrogen) atoms. The van der Waals surface area contributed by atoms with Gasteiger partial charge >= 0.3 is 0 Å². The van der Waals surface area contributed by atoms with Crippen molar-refractivity contribution in [1.82, 2.24) is 10.2 Å². The van der Waals surface area contributed by atoms with E-state index < -0.39 is 0 Å². The fourth-order valence-corrected chi connectivity index (χ4v) is 3.53. The first-order valence-electron chi connectivity index (χ1n) is 9.00. The Bertz CT molecular complexity index is 655. The zero-order chi connectivity index (χ0) is 17.6. The van der Waals surface area contributed by atoms with Crippen LogP contribution in [0, 0.1) is 18.3 Å². The van der Waals surface area contributed by atoms with Gasteiger partial charge in [-0.25, -0.2) is 0 Å². The van der Waals surface area contributed by atoms with E-state index >= 15 is 0 Å². The molecule has 132 valence electrons. The van der Waals surface area contributed by atoms with Crippen LogP contribution in [0.2, 0.25) is 0 Å². The number of nitrogens with one attached hydrogen (secondary N) is 1. The van der Waals surface area contributed by atoms with Crippen molar-refractivity contribution >= 4 is 17.5 Å². The van der Waals surface area contributed by atoms with Crippen LogP contribution < -0.4 is 10.2 Å². The molecule has 0 aliphatic carbocycles. The summed E-state index contributed by atoms with van der Waals surface area (Å²) >= 11 is 0. The van der Waals surface area contributed by atoms with Gasteiger partial charge in [0.1, 0.15) is 0 Å². The average Bonchev–Trinajstić information content (AvgIpc) is 3.07. The SMILES string of the molecule is C#CCN1CCC(C(=O)NCc2ccc(N3CCCC3=O)cc2)CC1. The van der Waals surface area contributed by atoms with Crippen molar-refractivity contribution < 1.29 is 9.59 Å². The summed E-state index contributed by atoms with van der Waals surface area (Å²) in [5.74, 6) is 3.05. The van der Waals surface area contributed by atoms with Crippen molar-refractivity contribution in [2.24, 2.45) is 5.92 Å². The molecule has 2 fully saturated rings. The number of benzene rings is 1. The average molecular weight is 339 g/mol. The molecular weight excluding hydrogens is 314 g/mol. The van der Waals surface area contributed by atoms with E-state index in [0.717, 1.165) is 50.1 Å². The highest BCUT2D eigenvalue weighted by Gasteiger charge is 2.24. The van der Waals surface area contributed by atoms with Gasteiger partial charge in [-0.05, 0) is 50.0 Å². The summed E-state index contributed by atoms with van der Waals surface area (Å²) in [5.41, 5.74) is 1.99. The maximum atomic E-state index is 12.3. The molecule has 2 saturated heterocycles. The quantitative estimate of drug-likeness (QED) is 0.832. The predicted molar refractivity (Wildman–Crippen MR) is 97.9 cm³/mol. The van der Waals surface area contributed by atoms with Gasteiger partial charge < -0.3 is 10.2 Å². The van der Waals surface area contributed by atoms with Gasteiger partial charge in [-0.3, -0.25) is 14.5 Å². The second-order valence-electron chi connectivity index (χ2n) is 6.79. The number of amides is 2. The highest BCUT2D eigenvalue weighted by Crippen LogP contribution is 2.22. The molecular formula is C20H25N3O2. The van der Waals surface area contributed by atoms with E-state index in [1.54, 1.807) is 0 Å². The van der Waals surface area contributed by atoms with E-state index in [1.165, 1.54) is 0 Å². The van der Waals surface area contributed by atoms with Crippen LogP contribution in [0.4, 0.5) is 5.69 Å². The molecule has 5 heteroatoms. The molecule has 2 amide bonds. The first-order chi connectivity index (χ1) is 12.2. The molecule has 0 aromatic heterocycles. The number of anilines is 1. The summed E-state index contributed by atoms with van der Waals surface area (Å²) in [6.07, 6.45) is 8.62. The number of piperidine rings is 1. The van der Waals surface area contributed by atoms with E-state index in [4.69, 9.17) is 6.42 Å². The van der Waals surface area contributed by atoms with Crippen molar-refractivity contribution in [2.75, 3.05) is 31.1 Å². The Labute approximate surface area is 149 Å². The molecule has 2 heterocycles. The van der Waals surface area contributed by atoms with Crippen molar-refractivity contribution in [2.45, 2.75) is 32.2 Å². The van der Waals surface area contributed by atoms with Crippen LogP contribution >= 0.6 is 0 Å². The monoisotopic (exact) mass is 339 g/mol. The Morgan fingerprint density at radius 1 is 1.20 bits per heavy atom. The number of hydrogen-bond acceptors (Lipinski definition) is 3. The van der Waals surface area contributed by atoms with E-state index in [2.05, 4.69) is 16.1 Å². The third-order valence-corrected chi connectivity index (χ3v) is 5.06. The Hall–Kier alpha value is -2.32. The summed E-state index contributed by atoms with van der Waals surface area (Å²) in [5, 5.41) is 3.03. The van der Waals surface area contributed by atoms with Gasteiger partial charge in [0.25, 0.3) is 0 Å². The summed E-state index contributed by atoms with van der Waals surface area (Å²) in [7, 11) is 0. The maximum absolute atomic E-state index is 12.3. The molecule has 2 aliphatic heterocycles. The van der Waals surface area contributed by atoms with Gasteiger partial charge in [0.2, 0.25) is 11.8 Å². The molecule has 2 aliphatic rings. The van der Waals surface area contributed by atoms with Crippen LogP contribution in [0.1, 0.15) is 31.2 Å². The predicted octanol–water partition coefficient (Wildman–Crippen LogP) is 1.77. The van der Waals surface area contributed by atoms with E-state index in [9.17, 15) is 9.59 Å². The van der Waals surface area contributed by atoms with Crippen molar-refractivity contribution in [3.63, 3.8) is 0 Å². The maximum Gasteiger partial charge on any atom is 0.227 e. The van der Waals surface area contributed by atoms with Crippen molar-refractivity contribution in [3.8, 4) is 12.3 Å². The highest BCUT2D eigenvalue weighted by molar-refractivity contribution is 5.95. The highest BCUT2D eigenvalue weighted by atomic mass is 16.2. The lowest BCUT2D eigenvalue weighted by Gasteiger charge is -2.29. The summed E-state index contributed by atoms with van der Waals surface area (Å²) in [6.45, 7) is 3.77. The Morgan fingerprint density at radius 3 is 2.52 bits per heavy atom. The first-order valence-corrected chi connectivity index (χ1v) is 9.00. The summed E-state index contributed by atoms with van der Waals surface area (Å²) < 4.78 is 0. The third kappa shape index (κ3) is 4.40. The lowest BCUT2D eigenvalue weighted by atomic mass is 9.96. The molecule has 0 spiro atoms. The van der Waals surface area contributed by atoms with E-state index in [1.807, 2.05) is 29.2 Å². The molecule has 5 nitrogen and oxygen atoms in total. The molecule has 0 atom stereocenters. The van der Waals surface area contributed by atoms with Gasteiger partial charge in [0.05, 0.1) is 6.54 Å². The molecule has 1 aromatic rings. The molecule has 1 aromatic carbocycles. The Morgan fingerprint density at radius 2 is 1.92 bits per heavy atom. The van der Waals surface area contributed by atoms with Crippen LogP contribution in [-0.2, 0) is 16.1 Å². The van der Waals surface area contributed by atoms with E-state index in [-0.39, 0.29) is 17.7 Å². The third-order valence-electron chi connectivity index (χ3n) is 5.06. The van der Waals surface area contributed by atoms with Gasteiger partial charge in [0, 0.05) is 31.1 Å². The van der Waals surface area contributed by atoms with Crippen LogP contribution in [0.3, 0.4) is 0 Å². The number of hydrogen-bond donors (Lipinski definition) is 1. The lowest BCUT2D eigenvalue weighted by molar-refractivity contribution is -0.126. The smallest absolute Gasteiger partial charge is 0.227 e. The van der Waals surface area contributed by atoms with Crippen LogP contribution in [0.15, 0.2) is 24.3 Å². The second-order valence-corrected chi connectivity index (χ2v) is 6.79. The molecule has 0 unspecified atom stereocenters. The summed E-state index contributed by atoms with van der Waals surface area (Å²) in [6, 6.07) is 7.89. The minimum absolute atomic E-state index is 0.0792. The largest absolute Gasteiger partial charge is 0.352 e. The minimum Gasteiger partial charge on any atom is -0.352 e. The minimum atomic E-state index is 0.0792. The number of carbonyl (C=O) groups excluding carboxylic acids is 2. The number of carbonyl (C=O) groups is 2. The van der Waals surface area contributed by atoms with Crippen LogP contribution in [0.25, 0.3) is 0 Å². The number of nitrogens with zero attached hydrogens (tertiary/aromatic N) is 2. The number of likely N-dealkylation sites (tertiary alicyclic amines) is 1. The van der Waals surface area contributed by atoms with Gasteiger partial charge in [-0.2, -0.15) is 0 Å². The summed E-state index contributed by atoms with van der Waals surface area (Å²) in [4.78, 5) is 28.1. The number of terminal acetylenes is 1. The van der Waals surface area contributed by atoms with Gasteiger partial charge in [0.15, 0.2) is 0 Å². The Kier molecular flexibility index (Phi) is 5.72. The fourth-order valence-electron chi connectivity index (χ4n) is 3.53. The topological polar surface area (TPSA) is 52.7 Å². The first kappa shape index (κ1) is 17.5. The zero-order valence-corrected chi connectivity index (χ0v) is 14.5. The lowest BCUT2D eigenvalue weighted by Crippen LogP contribution is -2.40. The van der Waals surface area contributed by atoms with Crippen molar-refractivity contribution in [1.29, 1.82) is 0 Å². The standard InChI is InChI=1S/C20H25N3O2/c1-2-11-22-13-9-17(10-14-22)20(25)21-15-16-5-7-18(8-6-16)23-12-3-4-19(23)24/h1,5-8,17H,3-4,9-15H2,(H,21,25). The Balaban J connectivity index is 1.46. The van der Waals surface area contributed by atoms with E-state index in [0.29, 0.717) is 19.5 Å². The molecule has 0 bridgehead atoms. The second kappa shape index (κ2) is 8.17. The fraction of sp³-hybridized carbons (Fsp3) is 0.500. The molecule has 3 rings (SSSR count). The van der Waals surface area contributed by atoms with Gasteiger partial charge in [-0.15, -0.1) is 6.42 Å². The van der Waals surface area contributed by atoms with Crippen LogP contribution in [0.5, 0.6) is 0 Å². The molecule has 0 saturated carbocycles. The number of rotatable bonds is 5. The zero-order valence-electron chi connectivity index (χ0n) is 14.5. The van der Waals surface area contributed by atoms with Crippen molar-refractivity contribution in [3.05, 3.63) is 29.8 Å². The van der Waals surface area contributed by atoms with Gasteiger partial charge in [-0.1, -0.05) is 18.1 Å². The molecule has 1 N–H and O–H groups in total. The molecule has 0 radical (unpaired) electrons. The normalized spacial score (nSPS) is 19.0.